The van der Waals surface area contributed by atoms with Crippen molar-refractivity contribution in [3.63, 3.8) is 0 Å². The van der Waals surface area contributed by atoms with Gasteiger partial charge in [0, 0.05) is 10.0 Å². The average molecular weight is 361 g/mol. The quantitative estimate of drug-likeness (QED) is 0.703. The lowest BCUT2D eigenvalue weighted by Gasteiger charge is -2.01. The van der Waals surface area contributed by atoms with Crippen molar-refractivity contribution in [3.05, 3.63) is 57.6 Å². The van der Waals surface area contributed by atoms with Crippen LogP contribution in [0.5, 0.6) is 0 Å². The molecule has 1 aromatic heterocycles. The van der Waals surface area contributed by atoms with Crippen molar-refractivity contribution in [2.24, 2.45) is 0 Å². The van der Waals surface area contributed by atoms with Gasteiger partial charge in [0.2, 0.25) is 0 Å². The Hall–Kier alpha value is -1.72. The van der Waals surface area contributed by atoms with E-state index in [4.69, 9.17) is 0 Å². The number of halogens is 1. The number of aryl methyl sites for hydroxylation is 2. The Balaban J connectivity index is 1.89. The van der Waals surface area contributed by atoms with Gasteiger partial charge in [-0.15, -0.1) is 0 Å². The van der Waals surface area contributed by atoms with Crippen LogP contribution in [0, 0.1) is 13.8 Å². The van der Waals surface area contributed by atoms with Gasteiger partial charge in [-0.1, -0.05) is 33.3 Å². The molecule has 0 saturated carbocycles. The molecule has 106 valence electrons. The summed E-state index contributed by atoms with van der Waals surface area (Å²) in [5.41, 5.74) is 3.95. The molecule has 0 aliphatic rings. The molecule has 0 aliphatic heterocycles. The summed E-state index contributed by atoms with van der Waals surface area (Å²) in [6.07, 6.45) is 0. The third kappa shape index (κ3) is 2.84. The van der Waals surface area contributed by atoms with Gasteiger partial charge in [0.15, 0.2) is 5.13 Å². The Morgan fingerprint density at radius 1 is 1.14 bits per heavy atom. The predicted molar refractivity (Wildman–Crippen MR) is 91.2 cm³/mol. The molecule has 3 rings (SSSR count). The number of benzene rings is 2. The van der Waals surface area contributed by atoms with Crippen LogP contribution in [0.1, 0.15) is 21.5 Å². The van der Waals surface area contributed by atoms with Gasteiger partial charge in [-0.3, -0.25) is 10.1 Å². The van der Waals surface area contributed by atoms with E-state index in [1.165, 1.54) is 16.9 Å². The molecule has 0 aliphatic carbocycles. The summed E-state index contributed by atoms with van der Waals surface area (Å²) in [5.74, 6) is -0.143. The molecule has 0 bridgehead atoms. The Labute approximate surface area is 135 Å². The smallest absolute Gasteiger partial charge is 0.257 e. The summed E-state index contributed by atoms with van der Waals surface area (Å²) in [7, 11) is 0. The Morgan fingerprint density at radius 3 is 2.57 bits per heavy atom. The van der Waals surface area contributed by atoms with Crippen molar-refractivity contribution in [1.82, 2.24) is 4.98 Å². The topological polar surface area (TPSA) is 42.0 Å². The van der Waals surface area contributed by atoms with Crippen molar-refractivity contribution in [3.8, 4) is 0 Å². The van der Waals surface area contributed by atoms with Gasteiger partial charge in [-0.25, -0.2) is 4.98 Å². The standard InChI is InChI=1S/C16H13BrN2OS/c1-9-3-8-13-14(10(9)2)18-16(21-13)19-15(20)11-4-6-12(17)7-5-11/h3-8H,1-2H3,(H,18,19,20). The van der Waals surface area contributed by atoms with Crippen LogP contribution in [0.15, 0.2) is 40.9 Å². The lowest BCUT2D eigenvalue weighted by molar-refractivity contribution is 0.102. The van der Waals surface area contributed by atoms with Crippen LogP contribution in [0.4, 0.5) is 5.13 Å². The molecule has 0 fully saturated rings. The van der Waals surface area contributed by atoms with Gasteiger partial charge in [0.25, 0.3) is 5.91 Å². The Bertz CT molecular complexity index is 824. The molecule has 1 amide bonds. The van der Waals surface area contributed by atoms with Gasteiger partial charge < -0.3 is 0 Å². The van der Waals surface area contributed by atoms with Crippen LogP contribution in [-0.4, -0.2) is 10.9 Å². The highest BCUT2D eigenvalue weighted by Crippen LogP contribution is 2.29. The minimum absolute atomic E-state index is 0.143. The highest BCUT2D eigenvalue weighted by molar-refractivity contribution is 9.10. The maximum Gasteiger partial charge on any atom is 0.257 e. The molecule has 21 heavy (non-hydrogen) atoms. The fourth-order valence-electron chi connectivity index (χ4n) is 2.05. The van der Waals surface area contributed by atoms with E-state index in [2.05, 4.69) is 46.1 Å². The number of hydrogen-bond acceptors (Lipinski definition) is 3. The maximum atomic E-state index is 12.2. The van der Waals surface area contributed by atoms with Crippen LogP contribution in [0.3, 0.4) is 0 Å². The normalized spacial score (nSPS) is 10.8. The van der Waals surface area contributed by atoms with Crippen LogP contribution in [0.25, 0.3) is 10.2 Å². The Morgan fingerprint density at radius 2 is 1.86 bits per heavy atom. The van der Waals surface area contributed by atoms with E-state index in [-0.39, 0.29) is 5.91 Å². The zero-order chi connectivity index (χ0) is 15.0. The first-order valence-corrected chi connectivity index (χ1v) is 8.09. The molecule has 0 saturated heterocycles. The largest absolute Gasteiger partial charge is 0.298 e. The molecule has 0 spiro atoms. The highest BCUT2D eigenvalue weighted by Gasteiger charge is 2.11. The van der Waals surface area contributed by atoms with Crippen LogP contribution in [-0.2, 0) is 0 Å². The van der Waals surface area contributed by atoms with Crippen molar-refractivity contribution in [2.75, 3.05) is 5.32 Å². The molecular weight excluding hydrogens is 348 g/mol. The van der Waals surface area contributed by atoms with Gasteiger partial charge in [0.1, 0.15) is 0 Å². The first-order valence-electron chi connectivity index (χ1n) is 6.48. The number of rotatable bonds is 2. The number of thiazole rings is 1. The minimum atomic E-state index is -0.143. The molecule has 2 aromatic carbocycles. The number of carbonyl (C=O) groups excluding carboxylic acids is 1. The first-order chi connectivity index (χ1) is 10.0. The summed E-state index contributed by atoms with van der Waals surface area (Å²) in [5, 5.41) is 3.50. The van der Waals surface area contributed by atoms with Crippen LogP contribution < -0.4 is 5.32 Å². The first kappa shape index (κ1) is 14.2. The van der Waals surface area contributed by atoms with E-state index in [9.17, 15) is 4.79 Å². The molecular formula is C16H13BrN2OS. The fraction of sp³-hybridized carbons (Fsp3) is 0.125. The number of fused-ring (bicyclic) bond motifs is 1. The lowest BCUT2D eigenvalue weighted by Crippen LogP contribution is -2.11. The van der Waals surface area contributed by atoms with Gasteiger partial charge in [-0.05, 0) is 55.3 Å². The maximum absolute atomic E-state index is 12.2. The second-order valence-corrected chi connectivity index (χ2v) is 6.78. The predicted octanol–water partition coefficient (Wildman–Crippen LogP) is 4.93. The minimum Gasteiger partial charge on any atom is -0.298 e. The van der Waals surface area contributed by atoms with E-state index in [1.54, 1.807) is 12.1 Å². The summed E-state index contributed by atoms with van der Waals surface area (Å²) in [6.45, 7) is 4.12. The summed E-state index contributed by atoms with van der Waals surface area (Å²) in [6, 6.07) is 11.4. The zero-order valence-electron chi connectivity index (χ0n) is 11.6. The summed E-state index contributed by atoms with van der Waals surface area (Å²) >= 11 is 4.85. The molecule has 0 atom stereocenters. The number of amides is 1. The third-order valence-corrected chi connectivity index (χ3v) is 4.88. The highest BCUT2D eigenvalue weighted by atomic mass is 79.9. The average Bonchev–Trinajstić information content (AvgIpc) is 2.87. The van der Waals surface area contributed by atoms with Crippen LogP contribution in [0.2, 0.25) is 0 Å². The zero-order valence-corrected chi connectivity index (χ0v) is 14.0. The molecule has 1 heterocycles. The molecule has 1 N–H and O–H groups in total. The number of nitrogens with zero attached hydrogens (tertiary/aromatic N) is 1. The van der Waals surface area contributed by atoms with E-state index < -0.39 is 0 Å². The Kier molecular flexibility index (Phi) is 3.78. The van der Waals surface area contributed by atoms with E-state index in [0.29, 0.717) is 10.7 Å². The fourth-order valence-corrected chi connectivity index (χ4v) is 3.23. The van der Waals surface area contributed by atoms with Crippen molar-refractivity contribution in [1.29, 1.82) is 0 Å². The van der Waals surface area contributed by atoms with Crippen molar-refractivity contribution < 1.29 is 4.79 Å². The molecule has 5 heteroatoms. The van der Waals surface area contributed by atoms with Gasteiger partial charge in [-0.2, -0.15) is 0 Å². The monoisotopic (exact) mass is 360 g/mol. The van der Waals surface area contributed by atoms with Crippen molar-refractivity contribution >= 4 is 48.5 Å². The second-order valence-electron chi connectivity index (χ2n) is 4.83. The summed E-state index contributed by atoms with van der Waals surface area (Å²) < 4.78 is 2.04. The third-order valence-electron chi connectivity index (χ3n) is 3.41. The number of anilines is 1. The van der Waals surface area contributed by atoms with Gasteiger partial charge >= 0.3 is 0 Å². The van der Waals surface area contributed by atoms with E-state index in [0.717, 1.165) is 20.3 Å². The van der Waals surface area contributed by atoms with Crippen LogP contribution >= 0.6 is 27.3 Å². The van der Waals surface area contributed by atoms with E-state index >= 15 is 0 Å². The molecule has 3 aromatic rings. The molecule has 3 nitrogen and oxygen atoms in total. The number of carbonyl (C=O) groups is 1. The lowest BCUT2D eigenvalue weighted by atomic mass is 10.1. The van der Waals surface area contributed by atoms with Crippen molar-refractivity contribution in [2.45, 2.75) is 13.8 Å². The summed E-state index contributed by atoms with van der Waals surface area (Å²) in [4.78, 5) is 16.7. The van der Waals surface area contributed by atoms with E-state index in [1.807, 2.05) is 18.2 Å². The SMILES string of the molecule is Cc1ccc2sc(NC(=O)c3ccc(Br)cc3)nc2c1C. The molecule has 0 unspecified atom stereocenters. The number of aromatic nitrogens is 1. The van der Waals surface area contributed by atoms with Gasteiger partial charge in [0.05, 0.1) is 10.2 Å². The molecule has 0 radical (unpaired) electrons. The second kappa shape index (κ2) is 5.58. The number of hydrogen-bond donors (Lipinski definition) is 1. The number of nitrogens with one attached hydrogen (secondary N) is 1.